The molecule has 1 aromatic carbocycles. The minimum Gasteiger partial charge on any atom is -0.468 e. The number of likely N-dealkylation sites (N-methyl/N-ethyl adjacent to an activating group) is 1. The van der Waals surface area contributed by atoms with E-state index in [2.05, 4.69) is 10.6 Å². The molecule has 2 N–H and O–H groups in total. The standard InChI is InChI=1S/C20H27N3O3/c1-20(2,3)19(25)22-15-9-6-8-14(12-15)18(24)21-13-16(23(4)5)17-10-7-11-26-17/h6-12,16H,13H2,1-5H3,(H,21,24)(H,22,25). The number of anilines is 1. The van der Waals surface area contributed by atoms with Gasteiger partial charge in [-0.1, -0.05) is 26.8 Å². The Morgan fingerprint density at radius 1 is 1.15 bits per heavy atom. The molecule has 0 spiro atoms. The first-order valence-corrected chi connectivity index (χ1v) is 8.58. The van der Waals surface area contributed by atoms with Gasteiger partial charge in [0.05, 0.1) is 12.3 Å². The van der Waals surface area contributed by atoms with E-state index in [1.165, 1.54) is 0 Å². The molecule has 140 valence electrons. The highest BCUT2D eigenvalue weighted by Gasteiger charge is 2.22. The van der Waals surface area contributed by atoms with Crippen LogP contribution in [0.15, 0.2) is 47.1 Å². The Kier molecular flexibility index (Phi) is 6.21. The molecule has 2 amide bonds. The van der Waals surface area contributed by atoms with Gasteiger partial charge in [-0.3, -0.25) is 14.5 Å². The Labute approximate surface area is 154 Å². The van der Waals surface area contributed by atoms with Crippen molar-refractivity contribution in [3.8, 4) is 0 Å². The summed E-state index contributed by atoms with van der Waals surface area (Å²) in [4.78, 5) is 26.6. The van der Waals surface area contributed by atoms with Gasteiger partial charge in [-0.15, -0.1) is 0 Å². The first-order valence-electron chi connectivity index (χ1n) is 8.58. The van der Waals surface area contributed by atoms with E-state index in [0.29, 0.717) is 17.8 Å². The molecule has 0 saturated heterocycles. The van der Waals surface area contributed by atoms with Crippen molar-refractivity contribution in [3.63, 3.8) is 0 Å². The van der Waals surface area contributed by atoms with E-state index in [1.54, 1.807) is 30.5 Å². The van der Waals surface area contributed by atoms with Crippen LogP contribution in [-0.2, 0) is 4.79 Å². The van der Waals surface area contributed by atoms with Crippen LogP contribution < -0.4 is 10.6 Å². The van der Waals surface area contributed by atoms with Crippen molar-refractivity contribution in [3.05, 3.63) is 54.0 Å². The summed E-state index contributed by atoms with van der Waals surface area (Å²) >= 11 is 0. The van der Waals surface area contributed by atoms with Gasteiger partial charge >= 0.3 is 0 Å². The number of furan rings is 1. The van der Waals surface area contributed by atoms with E-state index in [1.807, 2.05) is 51.9 Å². The van der Waals surface area contributed by atoms with Gasteiger partial charge in [0.2, 0.25) is 5.91 Å². The second-order valence-electron chi connectivity index (χ2n) is 7.49. The predicted molar refractivity (Wildman–Crippen MR) is 102 cm³/mol. The zero-order valence-corrected chi connectivity index (χ0v) is 16.0. The smallest absolute Gasteiger partial charge is 0.251 e. The van der Waals surface area contributed by atoms with Crippen LogP contribution in [0.3, 0.4) is 0 Å². The lowest BCUT2D eigenvalue weighted by atomic mass is 9.95. The Balaban J connectivity index is 2.03. The number of amides is 2. The minimum absolute atomic E-state index is 0.0577. The van der Waals surface area contributed by atoms with Gasteiger partial charge in [0.15, 0.2) is 0 Å². The lowest BCUT2D eigenvalue weighted by molar-refractivity contribution is -0.123. The van der Waals surface area contributed by atoms with Crippen LogP contribution >= 0.6 is 0 Å². The molecule has 0 aliphatic carbocycles. The van der Waals surface area contributed by atoms with Crippen LogP contribution in [0.5, 0.6) is 0 Å². The molecule has 26 heavy (non-hydrogen) atoms. The third-order valence-electron chi connectivity index (χ3n) is 4.01. The van der Waals surface area contributed by atoms with E-state index < -0.39 is 5.41 Å². The van der Waals surface area contributed by atoms with Crippen LogP contribution in [0.1, 0.15) is 42.9 Å². The Bertz CT molecular complexity index is 746. The Morgan fingerprint density at radius 2 is 1.88 bits per heavy atom. The molecule has 6 heteroatoms. The molecule has 6 nitrogen and oxygen atoms in total. The lowest BCUT2D eigenvalue weighted by Crippen LogP contribution is -2.34. The van der Waals surface area contributed by atoms with Gasteiger partial charge in [-0.2, -0.15) is 0 Å². The molecule has 2 rings (SSSR count). The summed E-state index contributed by atoms with van der Waals surface area (Å²) in [5.41, 5.74) is 0.599. The largest absolute Gasteiger partial charge is 0.468 e. The van der Waals surface area contributed by atoms with Crippen molar-refractivity contribution < 1.29 is 14.0 Å². The fraction of sp³-hybridized carbons (Fsp3) is 0.400. The molecule has 0 radical (unpaired) electrons. The molecular formula is C20H27N3O3. The summed E-state index contributed by atoms with van der Waals surface area (Å²) in [5.74, 6) is 0.498. The molecule has 0 aliphatic rings. The second kappa shape index (κ2) is 8.19. The third kappa shape index (κ3) is 5.20. The SMILES string of the molecule is CN(C)C(CNC(=O)c1cccc(NC(=O)C(C)(C)C)c1)c1ccco1. The highest BCUT2D eigenvalue weighted by atomic mass is 16.3. The molecule has 1 atom stereocenters. The molecule has 0 saturated carbocycles. The van der Waals surface area contributed by atoms with Gasteiger partial charge in [-0.25, -0.2) is 0 Å². The van der Waals surface area contributed by atoms with Crippen LogP contribution in [0.25, 0.3) is 0 Å². The Morgan fingerprint density at radius 3 is 2.46 bits per heavy atom. The van der Waals surface area contributed by atoms with Crippen LogP contribution in [0.4, 0.5) is 5.69 Å². The van der Waals surface area contributed by atoms with Crippen molar-refractivity contribution >= 4 is 17.5 Å². The number of nitrogens with zero attached hydrogens (tertiary/aromatic N) is 1. The van der Waals surface area contributed by atoms with E-state index in [-0.39, 0.29) is 17.9 Å². The fourth-order valence-corrected chi connectivity index (χ4v) is 2.37. The zero-order valence-electron chi connectivity index (χ0n) is 16.0. The maximum absolute atomic E-state index is 12.5. The van der Waals surface area contributed by atoms with Gasteiger partial charge < -0.3 is 15.1 Å². The fourth-order valence-electron chi connectivity index (χ4n) is 2.37. The van der Waals surface area contributed by atoms with Crippen LogP contribution in [0.2, 0.25) is 0 Å². The molecule has 0 fully saturated rings. The molecule has 2 aromatic rings. The highest BCUT2D eigenvalue weighted by molar-refractivity contribution is 5.98. The van der Waals surface area contributed by atoms with Gasteiger partial charge in [0, 0.05) is 23.2 Å². The van der Waals surface area contributed by atoms with Crippen molar-refractivity contribution in [1.82, 2.24) is 10.2 Å². The lowest BCUT2D eigenvalue weighted by Gasteiger charge is -2.22. The molecular weight excluding hydrogens is 330 g/mol. The topological polar surface area (TPSA) is 74.6 Å². The van der Waals surface area contributed by atoms with Gasteiger partial charge in [-0.05, 0) is 44.4 Å². The third-order valence-corrected chi connectivity index (χ3v) is 4.01. The van der Waals surface area contributed by atoms with E-state index >= 15 is 0 Å². The van der Waals surface area contributed by atoms with E-state index in [4.69, 9.17) is 4.42 Å². The summed E-state index contributed by atoms with van der Waals surface area (Å²) in [6, 6.07) is 10.6. The van der Waals surface area contributed by atoms with E-state index in [9.17, 15) is 9.59 Å². The molecule has 0 bridgehead atoms. The summed E-state index contributed by atoms with van der Waals surface area (Å²) in [6.07, 6.45) is 1.62. The van der Waals surface area contributed by atoms with Crippen molar-refractivity contribution in [2.75, 3.05) is 26.0 Å². The molecule has 1 aromatic heterocycles. The summed E-state index contributed by atoms with van der Waals surface area (Å²) in [7, 11) is 3.87. The number of hydrogen-bond donors (Lipinski definition) is 2. The average molecular weight is 357 g/mol. The summed E-state index contributed by atoms with van der Waals surface area (Å²) in [6.45, 7) is 5.94. The van der Waals surface area contributed by atoms with E-state index in [0.717, 1.165) is 5.76 Å². The van der Waals surface area contributed by atoms with Crippen LogP contribution in [0, 0.1) is 5.41 Å². The van der Waals surface area contributed by atoms with Gasteiger partial charge in [0.1, 0.15) is 5.76 Å². The number of carbonyl (C=O) groups excluding carboxylic acids is 2. The number of hydrogen-bond acceptors (Lipinski definition) is 4. The highest BCUT2D eigenvalue weighted by Crippen LogP contribution is 2.19. The monoisotopic (exact) mass is 357 g/mol. The minimum atomic E-state index is -0.500. The summed E-state index contributed by atoms with van der Waals surface area (Å²) < 4.78 is 5.45. The average Bonchev–Trinajstić information content (AvgIpc) is 3.08. The summed E-state index contributed by atoms with van der Waals surface area (Å²) in [5, 5.41) is 5.77. The zero-order chi connectivity index (χ0) is 19.3. The molecule has 0 aliphatic heterocycles. The van der Waals surface area contributed by atoms with Gasteiger partial charge in [0.25, 0.3) is 5.91 Å². The number of rotatable bonds is 6. The maximum Gasteiger partial charge on any atom is 0.251 e. The number of carbonyl (C=O) groups is 2. The number of nitrogens with one attached hydrogen (secondary N) is 2. The predicted octanol–water partition coefficient (Wildman–Crippen LogP) is 3.30. The van der Waals surface area contributed by atoms with Crippen molar-refractivity contribution in [2.24, 2.45) is 5.41 Å². The maximum atomic E-state index is 12.5. The first kappa shape index (κ1) is 19.7. The normalized spacial score (nSPS) is 12.7. The van der Waals surface area contributed by atoms with Crippen molar-refractivity contribution in [1.29, 1.82) is 0 Å². The molecule has 1 unspecified atom stereocenters. The quantitative estimate of drug-likeness (QED) is 0.832. The van der Waals surface area contributed by atoms with Crippen LogP contribution in [-0.4, -0.2) is 37.4 Å². The Hall–Kier alpha value is -2.60. The molecule has 1 heterocycles. The number of benzene rings is 1. The second-order valence-corrected chi connectivity index (χ2v) is 7.49. The first-order chi connectivity index (χ1) is 12.2. The van der Waals surface area contributed by atoms with Crippen molar-refractivity contribution in [2.45, 2.75) is 26.8 Å².